The first kappa shape index (κ1) is 14.4. The molecule has 0 radical (unpaired) electrons. The normalized spacial score (nSPS) is 30.2. The minimum absolute atomic E-state index is 0.433. The standard InChI is InChI=1S/C18H25N3S/c1-11-12(2)22-16-14(11)15(19-10-20-16)21-9-18(5)7-13(21)6-17(3,4)8-18/h10,13H,6-9H2,1-5H3/t13-,18+/m1/s1. The predicted molar refractivity (Wildman–Crippen MR) is 93.8 cm³/mol. The lowest BCUT2D eigenvalue weighted by molar-refractivity contribution is 0.136. The number of fused-ring (bicyclic) bond motifs is 3. The maximum atomic E-state index is 4.72. The Labute approximate surface area is 136 Å². The van der Waals surface area contributed by atoms with Gasteiger partial charge in [-0.15, -0.1) is 11.3 Å². The topological polar surface area (TPSA) is 29.0 Å². The van der Waals surface area contributed by atoms with E-state index in [1.807, 2.05) is 0 Å². The first-order chi connectivity index (χ1) is 10.3. The average molecular weight is 315 g/mol. The molecule has 0 N–H and O–H groups in total. The lowest BCUT2D eigenvalue weighted by atomic mass is 9.65. The predicted octanol–water partition coefficient (Wildman–Crippen LogP) is 4.71. The number of aryl methyl sites for hydroxylation is 2. The highest BCUT2D eigenvalue weighted by atomic mass is 32.1. The van der Waals surface area contributed by atoms with Gasteiger partial charge in [-0.25, -0.2) is 9.97 Å². The van der Waals surface area contributed by atoms with Gasteiger partial charge >= 0.3 is 0 Å². The van der Waals surface area contributed by atoms with Crippen molar-refractivity contribution in [1.82, 2.24) is 9.97 Å². The smallest absolute Gasteiger partial charge is 0.141 e. The lowest BCUT2D eigenvalue weighted by Gasteiger charge is -2.39. The van der Waals surface area contributed by atoms with Crippen LogP contribution in [0, 0.1) is 24.7 Å². The summed E-state index contributed by atoms with van der Waals surface area (Å²) >= 11 is 1.80. The van der Waals surface area contributed by atoms with Crippen LogP contribution < -0.4 is 4.90 Å². The van der Waals surface area contributed by atoms with Crippen LogP contribution in [0.1, 0.15) is 50.5 Å². The van der Waals surface area contributed by atoms with Crippen LogP contribution in [-0.2, 0) is 0 Å². The van der Waals surface area contributed by atoms with Gasteiger partial charge in [-0.3, -0.25) is 0 Å². The summed E-state index contributed by atoms with van der Waals surface area (Å²) in [5.41, 5.74) is 2.24. The second-order valence-electron chi connectivity index (χ2n) is 8.50. The number of hydrogen-bond acceptors (Lipinski definition) is 4. The van der Waals surface area contributed by atoms with Crippen LogP contribution in [0.15, 0.2) is 6.33 Å². The van der Waals surface area contributed by atoms with Crippen LogP contribution in [0.25, 0.3) is 10.2 Å². The van der Waals surface area contributed by atoms with Gasteiger partial charge in [-0.05, 0) is 49.5 Å². The summed E-state index contributed by atoms with van der Waals surface area (Å²) in [6.07, 6.45) is 5.66. The van der Waals surface area contributed by atoms with Crippen LogP contribution in [0.5, 0.6) is 0 Å². The number of nitrogens with zero attached hydrogens (tertiary/aromatic N) is 3. The molecule has 0 spiro atoms. The van der Waals surface area contributed by atoms with E-state index in [4.69, 9.17) is 4.98 Å². The number of hydrogen-bond donors (Lipinski definition) is 0. The Hall–Kier alpha value is -1.16. The van der Waals surface area contributed by atoms with Crippen LogP contribution in [-0.4, -0.2) is 22.6 Å². The zero-order valence-electron chi connectivity index (χ0n) is 14.2. The van der Waals surface area contributed by atoms with Crippen molar-refractivity contribution in [2.75, 3.05) is 11.4 Å². The molecule has 2 aromatic rings. The molecule has 0 unspecified atom stereocenters. The summed E-state index contributed by atoms with van der Waals surface area (Å²) < 4.78 is 0. The summed E-state index contributed by atoms with van der Waals surface area (Å²) in [5, 5.41) is 1.29. The zero-order valence-corrected chi connectivity index (χ0v) is 15.0. The van der Waals surface area contributed by atoms with Gasteiger partial charge in [0, 0.05) is 17.5 Å². The second-order valence-corrected chi connectivity index (χ2v) is 9.71. The molecule has 4 heteroatoms. The van der Waals surface area contributed by atoms with Crippen LogP contribution in [0.3, 0.4) is 0 Å². The Kier molecular flexibility index (Phi) is 2.91. The van der Waals surface area contributed by atoms with Gasteiger partial charge in [0.15, 0.2) is 0 Å². The maximum absolute atomic E-state index is 4.72. The van der Waals surface area contributed by atoms with Gasteiger partial charge in [-0.1, -0.05) is 20.8 Å². The molecule has 0 aromatic carbocycles. The molecule has 4 rings (SSSR count). The van der Waals surface area contributed by atoms with Crippen molar-refractivity contribution in [2.24, 2.45) is 10.8 Å². The van der Waals surface area contributed by atoms with Gasteiger partial charge in [0.25, 0.3) is 0 Å². The molecule has 3 heterocycles. The minimum Gasteiger partial charge on any atom is -0.352 e. The fourth-order valence-electron chi connectivity index (χ4n) is 5.09. The van der Waals surface area contributed by atoms with Gasteiger partial charge in [-0.2, -0.15) is 0 Å². The van der Waals surface area contributed by atoms with E-state index in [1.54, 1.807) is 17.7 Å². The van der Waals surface area contributed by atoms with Gasteiger partial charge < -0.3 is 4.90 Å². The Morgan fingerprint density at radius 3 is 2.73 bits per heavy atom. The third-order valence-electron chi connectivity index (χ3n) is 5.63. The molecule has 1 saturated heterocycles. The summed E-state index contributed by atoms with van der Waals surface area (Å²) in [7, 11) is 0. The van der Waals surface area contributed by atoms with Crippen molar-refractivity contribution in [3.63, 3.8) is 0 Å². The van der Waals surface area contributed by atoms with E-state index in [-0.39, 0.29) is 0 Å². The fraction of sp³-hybridized carbons (Fsp3) is 0.667. The highest BCUT2D eigenvalue weighted by molar-refractivity contribution is 7.18. The Morgan fingerprint density at radius 2 is 1.95 bits per heavy atom. The summed E-state index contributed by atoms with van der Waals surface area (Å²) in [6, 6.07) is 0.631. The van der Waals surface area contributed by atoms with E-state index in [2.05, 4.69) is 44.5 Å². The lowest BCUT2D eigenvalue weighted by Crippen LogP contribution is -2.35. The van der Waals surface area contributed by atoms with Gasteiger partial charge in [0.05, 0.1) is 5.39 Å². The van der Waals surface area contributed by atoms with Crippen LogP contribution >= 0.6 is 11.3 Å². The molecule has 118 valence electrons. The molecule has 2 aromatic heterocycles. The third kappa shape index (κ3) is 2.07. The van der Waals surface area contributed by atoms with E-state index >= 15 is 0 Å². The van der Waals surface area contributed by atoms with Gasteiger partial charge in [0.2, 0.25) is 0 Å². The largest absolute Gasteiger partial charge is 0.352 e. The average Bonchev–Trinajstić information content (AvgIpc) is 2.83. The minimum atomic E-state index is 0.433. The van der Waals surface area contributed by atoms with Crippen molar-refractivity contribution in [1.29, 1.82) is 0 Å². The molecule has 3 nitrogen and oxygen atoms in total. The Bertz CT molecular complexity index is 748. The number of anilines is 1. The highest BCUT2D eigenvalue weighted by Crippen LogP contribution is 2.54. The number of rotatable bonds is 1. The van der Waals surface area contributed by atoms with E-state index in [0.717, 1.165) is 11.4 Å². The molecule has 1 saturated carbocycles. The summed E-state index contributed by atoms with van der Waals surface area (Å²) in [4.78, 5) is 14.3. The quantitative estimate of drug-likeness (QED) is 0.763. The number of thiophene rings is 1. The first-order valence-electron chi connectivity index (χ1n) is 8.25. The van der Waals surface area contributed by atoms with E-state index in [0.29, 0.717) is 16.9 Å². The molecule has 22 heavy (non-hydrogen) atoms. The van der Waals surface area contributed by atoms with Crippen LogP contribution in [0.4, 0.5) is 5.82 Å². The highest BCUT2D eigenvalue weighted by Gasteiger charge is 2.50. The monoisotopic (exact) mass is 315 g/mol. The first-order valence-corrected chi connectivity index (χ1v) is 9.07. The van der Waals surface area contributed by atoms with Crippen molar-refractivity contribution in [2.45, 2.75) is 59.9 Å². The van der Waals surface area contributed by atoms with E-state index < -0.39 is 0 Å². The van der Waals surface area contributed by atoms with Crippen LogP contribution in [0.2, 0.25) is 0 Å². The number of aromatic nitrogens is 2. The zero-order chi connectivity index (χ0) is 15.7. The molecular formula is C18H25N3S. The second kappa shape index (κ2) is 4.44. The maximum Gasteiger partial charge on any atom is 0.141 e. The summed E-state index contributed by atoms with van der Waals surface area (Å²) in [6.45, 7) is 12.9. The molecule has 0 amide bonds. The molecule has 1 aliphatic heterocycles. The van der Waals surface area contributed by atoms with E-state index in [9.17, 15) is 0 Å². The molecule has 2 aliphatic rings. The fourth-order valence-corrected chi connectivity index (χ4v) is 6.08. The molecule has 1 aliphatic carbocycles. The van der Waals surface area contributed by atoms with E-state index in [1.165, 1.54) is 40.9 Å². The molecule has 2 bridgehead atoms. The Balaban J connectivity index is 1.84. The SMILES string of the molecule is Cc1sc2ncnc(N3C[C@@]4(C)C[C@H]3CC(C)(C)C4)c2c1C. The Morgan fingerprint density at radius 1 is 1.18 bits per heavy atom. The third-order valence-corrected chi connectivity index (χ3v) is 6.75. The van der Waals surface area contributed by atoms with Crippen molar-refractivity contribution >= 4 is 27.4 Å². The molecule has 2 atom stereocenters. The molecular weight excluding hydrogens is 290 g/mol. The molecule has 2 fully saturated rings. The summed E-state index contributed by atoms with van der Waals surface area (Å²) in [5.74, 6) is 1.18. The van der Waals surface area contributed by atoms with Crippen molar-refractivity contribution < 1.29 is 0 Å². The van der Waals surface area contributed by atoms with Crippen molar-refractivity contribution in [3.8, 4) is 0 Å². The van der Waals surface area contributed by atoms with Gasteiger partial charge in [0.1, 0.15) is 17.0 Å². The van der Waals surface area contributed by atoms with Crippen molar-refractivity contribution in [3.05, 3.63) is 16.8 Å².